The van der Waals surface area contributed by atoms with E-state index in [1.165, 1.54) is 49.9 Å². The Morgan fingerprint density at radius 3 is 2.38 bits per heavy atom. The maximum Gasteiger partial charge on any atom is 0.306 e. The van der Waals surface area contributed by atoms with E-state index in [1.807, 2.05) is 0 Å². The highest BCUT2D eigenvalue weighted by Crippen LogP contribution is 2.43. The zero-order valence-corrected chi connectivity index (χ0v) is 18.4. The molecule has 1 aliphatic rings. The number of hydrogen-bond acceptors (Lipinski definition) is 7. The van der Waals surface area contributed by atoms with Gasteiger partial charge in [-0.05, 0) is 18.6 Å². The number of esters is 1. The van der Waals surface area contributed by atoms with Crippen LogP contribution in [-0.2, 0) is 16.0 Å². The number of aromatic hydroxyl groups is 4. The first kappa shape index (κ1) is 23.6. The van der Waals surface area contributed by atoms with E-state index in [9.17, 15) is 25.2 Å². The number of phenols is 4. The Bertz CT molecular complexity index is 925. The van der Waals surface area contributed by atoms with Gasteiger partial charge in [-0.25, -0.2) is 0 Å². The van der Waals surface area contributed by atoms with Gasteiger partial charge in [0.05, 0.1) is 0 Å². The lowest BCUT2D eigenvalue weighted by Crippen LogP contribution is -2.34. The van der Waals surface area contributed by atoms with E-state index in [2.05, 4.69) is 6.92 Å². The quantitative estimate of drug-likeness (QED) is 0.225. The summed E-state index contributed by atoms with van der Waals surface area (Å²) in [5.41, 5.74) is 0.943. The molecule has 1 aliphatic heterocycles. The Morgan fingerprint density at radius 1 is 0.938 bits per heavy atom. The predicted molar refractivity (Wildman–Crippen MR) is 119 cm³/mol. The van der Waals surface area contributed by atoms with Gasteiger partial charge in [0, 0.05) is 36.1 Å². The second kappa shape index (κ2) is 11.0. The molecule has 7 nitrogen and oxygen atoms in total. The van der Waals surface area contributed by atoms with Crippen molar-refractivity contribution >= 4 is 5.97 Å². The van der Waals surface area contributed by atoms with Crippen LogP contribution in [0.5, 0.6) is 28.7 Å². The van der Waals surface area contributed by atoms with E-state index in [0.717, 1.165) is 19.3 Å². The zero-order chi connectivity index (χ0) is 23.1. The highest BCUT2D eigenvalue weighted by Gasteiger charge is 2.36. The minimum absolute atomic E-state index is 0.139. The normalized spacial score (nSPS) is 17.4. The fourth-order valence-corrected chi connectivity index (χ4v) is 4.01. The van der Waals surface area contributed by atoms with Crippen LogP contribution in [0.3, 0.4) is 0 Å². The summed E-state index contributed by atoms with van der Waals surface area (Å²) in [4.78, 5) is 12.5. The summed E-state index contributed by atoms with van der Waals surface area (Å²) >= 11 is 0. The van der Waals surface area contributed by atoms with Gasteiger partial charge in [0.2, 0.25) is 0 Å². The van der Waals surface area contributed by atoms with E-state index in [0.29, 0.717) is 17.5 Å². The van der Waals surface area contributed by atoms with Crippen LogP contribution in [0.1, 0.15) is 75.5 Å². The van der Waals surface area contributed by atoms with Gasteiger partial charge in [0.25, 0.3) is 0 Å². The molecule has 0 saturated carbocycles. The standard InChI is InChI=1S/C25H32O7/c1-2-3-4-5-6-7-8-9-24(30)31-23-15-18-20(28)13-17(26)14-22(18)32-25(23)16-10-11-19(27)21(29)12-16/h10-14,23,25-29H,2-9,15H2,1H3/t23-,25+/m0/s1. The van der Waals surface area contributed by atoms with Crippen LogP contribution in [0.2, 0.25) is 0 Å². The molecule has 0 bridgehead atoms. The van der Waals surface area contributed by atoms with Gasteiger partial charge in [-0.2, -0.15) is 0 Å². The number of fused-ring (bicyclic) bond motifs is 1. The van der Waals surface area contributed by atoms with Crippen molar-refractivity contribution in [3.63, 3.8) is 0 Å². The number of phenolic OH excluding ortho intramolecular Hbond substituents is 4. The van der Waals surface area contributed by atoms with Crippen LogP contribution in [0.15, 0.2) is 30.3 Å². The summed E-state index contributed by atoms with van der Waals surface area (Å²) in [6, 6.07) is 6.86. The van der Waals surface area contributed by atoms with E-state index in [-0.39, 0.29) is 41.1 Å². The summed E-state index contributed by atoms with van der Waals surface area (Å²) in [7, 11) is 0. The second-order valence-electron chi connectivity index (χ2n) is 8.33. The number of hydrogen-bond donors (Lipinski definition) is 4. The Balaban J connectivity index is 1.69. The minimum atomic E-state index is -0.770. The lowest BCUT2D eigenvalue weighted by Gasteiger charge is -2.34. The van der Waals surface area contributed by atoms with Crippen LogP contribution in [-0.4, -0.2) is 32.5 Å². The molecule has 0 saturated heterocycles. The molecule has 7 heteroatoms. The number of carbonyl (C=O) groups excluding carboxylic acids is 1. The highest BCUT2D eigenvalue weighted by molar-refractivity contribution is 5.69. The predicted octanol–water partition coefficient (Wildman–Crippen LogP) is 5.24. The first-order chi connectivity index (χ1) is 15.4. The van der Waals surface area contributed by atoms with E-state index in [4.69, 9.17) is 9.47 Å². The Kier molecular flexibility index (Phi) is 8.09. The largest absolute Gasteiger partial charge is 0.508 e. The molecular weight excluding hydrogens is 412 g/mol. The van der Waals surface area contributed by atoms with Crippen molar-refractivity contribution in [1.29, 1.82) is 0 Å². The lowest BCUT2D eigenvalue weighted by atomic mass is 9.93. The maximum atomic E-state index is 12.5. The Hall–Kier alpha value is -3.09. The fourth-order valence-electron chi connectivity index (χ4n) is 4.01. The molecule has 0 fully saturated rings. The van der Waals surface area contributed by atoms with Gasteiger partial charge in [0.15, 0.2) is 17.6 Å². The fraction of sp³-hybridized carbons (Fsp3) is 0.480. The first-order valence-corrected chi connectivity index (χ1v) is 11.3. The van der Waals surface area contributed by atoms with Gasteiger partial charge < -0.3 is 29.9 Å². The summed E-state index contributed by atoms with van der Waals surface area (Å²) < 4.78 is 11.7. The third kappa shape index (κ3) is 5.99. The molecule has 3 rings (SSSR count). The summed E-state index contributed by atoms with van der Waals surface area (Å²) in [5, 5.41) is 39.6. The molecule has 0 radical (unpaired) electrons. The molecule has 0 aliphatic carbocycles. The number of rotatable bonds is 10. The summed E-state index contributed by atoms with van der Waals surface area (Å²) in [6.45, 7) is 2.18. The smallest absolute Gasteiger partial charge is 0.306 e. The zero-order valence-electron chi connectivity index (χ0n) is 18.4. The van der Waals surface area contributed by atoms with E-state index >= 15 is 0 Å². The number of unbranched alkanes of at least 4 members (excludes halogenated alkanes) is 6. The molecule has 0 amide bonds. The molecule has 32 heavy (non-hydrogen) atoms. The molecule has 2 aromatic carbocycles. The molecule has 0 unspecified atom stereocenters. The van der Waals surface area contributed by atoms with Crippen molar-refractivity contribution in [2.75, 3.05) is 0 Å². The number of ether oxygens (including phenoxy) is 2. The van der Waals surface area contributed by atoms with Gasteiger partial charge in [-0.15, -0.1) is 0 Å². The average Bonchev–Trinajstić information content (AvgIpc) is 2.75. The van der Waals surface area contributed by atoms with Crippen LogP contribution >= 0.6 is 0 Å². The third-order valence-corrected chi connectivity index (χ3v) is 5.76. The van der Waals surface area contributed by atoms with Gasteiger partial charge in [-0.1, -0.05) is 51.5 Å². The van der Waals surface area contributed by atoms with Crippen molar-refractivity contribution in [3.05, 3.63) is 41.5 Å². The number of benzene rings is 2. The van der Waals surface area contributed by atoms with Crippen molar-refractivity contribution in [1.82, 2.24) is 0 Å². The molecule has 2 atom stereocenters. The van der Waals surface area contributed by atoms with Crippen LogP contribution in [0.4, 0.5) is 0 Å². The summed E-state index contributed by atoms with van der Waals surface area (Å²) in [5.74, 6) is -0.944. The van der Waals surface area contributed by atoms with Crippen molar-refractivity contribution < 1.29 is 34.7 Å². The van der Waals surface area contributed by atoms with Crippen molar-refractivity contribution in [3.8, 4) is 28.7 Å². The lowest BCUT2D eigenvalue weighted by molar-refractivity contribution is -0.155. The molecule has 174 valence electrons. The highest BCUT2D eigenvalue weighted by atomic mass is 16.6. The van der Waals surface area contributed by atoms with Gasteiger partial charge >= 0.3 is 5.97 Å². The molecule has 2 aromatic rings. The molecule has 0 spiro atoms. The molecule has 0 aromatic heterocycles. The average molecular weight is 445 g/mol. The Morgan fingerprint density at radius 2 is 1.66 bits per heavy atom. The maximum absolute atomic E-state index is 12.5. The molecular formula is C25H32O7. The van der Waals surface area contributed by atoms with Crippen LogP contribution in [0, 0.1) is 0 Å². The Labute approximate surface area is 188 Å². The number of carbonyl (C=O) groups is 1. The van der Waals surface area contributed by atoms with E-state index in [1.54, 1.807) is 6.07 Å². The molecule has 1 heterocycles. The van der Waals surface area contributed by atoms with Crippen LogP contribution in [0.25, 0.3) is 0 Å². The van der Waals surface area contributed by atoms with Crippen molar-refractivity contribution in [2.45, 2.75) is 76.9 Å². The van der Waals surface area contributed by atoms with Crippen LogP contribution < -0.4 is 4.74 Å². The van der Waals surface area contributed by atoms with E-state index < -0.39 is 12.2 Å². The molecule has 4 N–H and O–H groups in total. The monoisotopic (exact) mass is 444 g/mol. The third-order valence-electron chi connectivity index (χ3n) is 5.76. The topological polar surface area (TPSA) is 116 Å². The van der Waals surface area contributed by atoms with Crippen molar-refractivity contribution in [2.24, 2.45) is 0 Å². The SMILES string of the molecule is CCCCCCCCCC(=O)O[C@H]1Cc2c(O)cc(O)cc2O[C@@H]1c1ccc(O)c(O)c1. The minimum Gasteiger partial charge on any atom is -0.508 e. The summed E-state index contributed by atoms with van der Waals surface area (Å²) in [6.07, 6.45) is 6.64. The second-order valence-corrected chi connectivity index (χ2v) is 8.33. The van der Waals surface area contributed by atoms with Gasteiger partial charge in [0.1, 0.15) is 23.4 Å². The van der Waals surface area contributed by atoms with Gasteiger partial charge in [-0.3, -0.25) is 4.79 Å². The first-order valence-electron chi connectivity index (χ1n) is 11.3.